The van der Waals surface area contributed by atoms with Crippen LogP contribution >= 0.6 is 0 Å². The highest BCUT2D eigenvalue weighted by Crippen LogP contribution is 2.21. The van der Waals surface area contributed by atoms with Gasteiger partial charge in [-0.05, 0) is 44.0 Å². The minimum absolute atomic E-state index is 0.0440. The monoisotopic (exact) mass is 386 g/mol. The van der Waals surface area contributed by atoms with Crippen molar-refractivity contribution in [2.75, 3.05) is 19.8 Å². The number of hydrogen-bond acceptors (Lipinski definition) is 5. The third-order valence-electron chi connectivity index (χ3n) is 4.41. The maximum Gasteiger partial charge on any atom is 0.232 e. The molecule has 5 nitrogen and oxygen atoms in total. The lowest BCUT2D eigenvalue weighted by atomic mass is 10.1. The van der Waals surface area contributed by atoms with Crippen molar-refractivity contribution in [3.05, 3.63) is 36.7 Å². The van der Waals surface area contributed by atoms with Crippen molar-refractivity contribution < 1.29 is 14.2 Å². The number of benzene rings is 1. The molecule has 0 saturated carbocycles. The van der Waals surface area contributed by atoms with E-state index in [0.29, 0.717) is 12.5 Å². The molecule has 0 saturated heterocycles. The van der Waals surface area contributed by atoms with Crippen LogP contribution in [-0.2, 0) is 4.74 Å². The minimum Gasteiger partial charge on any atom is -0.494 e. The van der Waals surface area contributed by atoms with Gasteiger partial charge in [0.25, 0.3) is 0 Å². The Morgan fingerprint density at radius 1 is 0.821 bits per heavy atom. The molecule has 0 aliphatic carbocycles. The zero-order chi connectivity index (χ0) is 20.0. The number of ether oxygens (including phenoxy) is 3. The molecule has 1 aromatic heterocycles. The highest BCUT2D eigenvalue weighted by Gasteiger charge is 2.06. The molecule has 1 atom stereocenters. The number of hydrogen-bond donors (Lipinski definition) is 0. The fourth-order valence-corrected chi connectivity index (χ4v) is 2.66. The normalized spacial score (nSPS) is 12.0. The molecule has 0 aliphatic heterocycles. The van der Waals surface area contributed by atoms with E-state index < -0.39 is 0 Å². The van der Waals surface area contributed by atoms with Crippen molar-refractivity contribution in [2.45, 2.75) is 65.4 Å². The van der Waals surface area contributed by atoms with E-state index in [-0.39, 0.29) is 6.10 Å². The second-order valence-corrected chi connectivity index (χ2v) is 7.02. The Morgan fingerprint density at radius 2 is 1.61 bits per heavy atom. The van der Waals surface area contributed by atoms with E-state index in [1.165, 1.54) is 19.3 Å². The smallest absolute Gasteiger partial charge is 0.232 e. The van der Waals surface area contributed by atoms with E-state index in [9.17, 15) is 0 Å². The molecule has 0 fully saturated rings. The summed E-state index contributed by atoms with van der Waals surface area (Å²) in [5.41, 5.74) is 1.82. The van der Waals surface area contributed by atoms with E-state index in [4.69, 9.17) is 14.2 Å². The fraction of sp³-hybridized carbons (Fsp3) is 0.565. The molecule has 2 aromatic rings. The van der Waals surface area contributed by atoms with Crippen molar-refractivity contribution >= 4 is 0 Å². The summed E-state index contributed by atoms with van der Waals surface area (Å²) in [5.74, 6) is 1.41. The summed E-state index contributed by atoms with van der Waals surface area (Å²) >= 11 is 0. The molecule has 0 aliphatic rings. The molecular formula is C23H34N2O3. The lowest BCUT2D eigenvalue weighted by molar-refractivity contribution is 0.0296. The lowest BCUT2D eigenvalue weighted by Crippen LogP contribution is -2.19. The van der Waals surface area contributed by atoms with Gasteiger partial charge in [-0.1, -0.05) is 39.5 Å². The Morgan fingerprint density at radius 3 is 2.29 bits per heavy atom. The lowest BCUT2D eigenvalue weighted by Gasteiger charge is -2.13. The van der Waals surface area contributed by atoms with Gasteiger partial charge in [0.1, 0.15) is 12.4 Å². The number of rotatable bonds is 14. The minimum atomic E-state index is 0.0440. The number of aromatic nitrogens is 2. The van der Waals surface area contributed by atoms with E-state index in [2.05, 4.69) is 23.8 Å². The van der Waals surface area contributed by atoms with E-state index in [1.54, 1.807) is 12.4 Å². The molecule has 0 radical (unpaired) electrons. The van der Waals surface area contributed by atoms with Crippen LogP contribution in [0.15, 0.2) is 36.7 Å². The van der Waals surface area contributed by atoms with Gasteiger partial charge in [-0.2, -0.15) is 0 Å². The van der Waals surface area contributed by atoms with Crippen molar-refractivity contribution in [3.63, 3.8) is 0 Å². The van der Waals surface area contributed by atoms with Crippen LogP contribution in [-0.4, -0.2) is 35.9 Å². The first-order chi connectivity index (χ1) is 13.7. The van der Waals surface area contributed by atoms with Crippen LogP contribution in [0.1, 0.15) is 59.3 Å². The summed E-state index contributed by atoms with van der Waals surface area (Å²) in [7, 11) is 0. The quantitative estimate of drug-likeness (QED) is 0.391. The molecule has 28 heavy (non-hydrogen) atoms. The van der Waals surface area contributed by atoms with E-state index in [1.807, 2.05) is 31.2 Å². The second kappa shape index (κ2) is 13.1. The predicted molar refractivity (Wildman–Crippen MR) is 113 cm³/mol. The second-order valence-electron chi connectivity index (χ2n) is 7.02. The summed E-state index contributed by atoms with van der Waals surface area (Å²) in [4.78, 5) is 8.81. The van der Waals surface area contributed by atoms with Crippen LogP contribution in [0.25, 0.3) is 11.3 Å². The average molecular weight is 387 g/mol. The van der Waals surface area contributed by atoms with Gasteiger partial charge in [0.15, 0.2) is 0 Å². The highest BCUT2D eigenvalue weighted by molar-refractivity contribution is 5.59. The molecule has 0 N–H and O–H groups in total. The Kier molecular flexibility index (Phi) is 10.4. The van der Waals surface area contributed by atoms with Gasteiger partial charge in [-0.15, -0.1) is 0 Å². The molecular weight excluding hydrogens is 352 g/mol. The van der Waals surface area contributed by atoms with Gasteiger partial charge in [0.05, 0.1) is 30.8 Å². The first kappa shape index (κ1) is 22.2. The van der Waals surface area contributed by atoms with Crippen molar-refractivity contribution in [3.8, 4) is 22.9 Å². The largest absolute Gasteiger partial charge is 0.494 e. The van der Waals surface area contributed by atoms with Gasteiger partial charge in [-0.25, -0.2) is 9.97 Å². The Balaban J connectivity index is 1.77. The molecule has 2 rings (SSSR count). The number of unbranched alkanes of at least 4 members (excludes halogenated alkanes) is 4. The van der Waals surface area contributed by atoms with Gasteiger partial charge in [0, 0.05) is 12.2 Å². The van der Waals surface area contributed by atoms with Gasteiger partial charge >= 0.3 is 0 Å². The Bertz CT molecular complexity index is 644. The maximum atomic E-state index is 5.78. The number of nitrogens with zero attached hydrogens (tertiary/aromatic N) is 2. The maximum absolute atomic E-state index is 5.78. The van der Waals surface area contributed by atoms with Gasteiger partial charge < -0.3 is 14.2 Å². The SMILES string of the molecule is CCCCCCOc1ccc(-c2cnc(OCC(C)OCCCC)cn2)cc1. The Labute approximate surface area is 169 Å². The first-order valence-corrected chi connectivity index (χ1v) is 10.5. The van der Waals surface area contributed by atoms with Crippen LogP contribution in [0, 0.1) is 0 Å². The van der Waals surface area contributed by atoms with Crippen LogP contribution in [0.4, 0.5) is 0 Å². The molecule has 0 bridgehead atoms. The zero-order valence-electron chi connectivity index (χ0n) is 17.5. The third kappa shape index (κ3) is 8.26. The molecule has 5 heteroatoms. The highest BCUT2D eigenvalue weighted by atomic mass is 16.5. The molecule has 0 amide bonds. The van der Waals surface area contributed by atoms with Crippen LogP contribution < -0.4 is 9.47 Å². The van der Waals surface area contributed by atoms with Gasteiger partial charge in [0.2, 0.25) is 5.88 Å². The summed E-state index contributed by atoms with van der Waals surface area (Å²) in [6.45, 7) is 8.38. The predicted octanol–water partition coefficient (Wildman–Crippen LogP) is 5.69. The molecule has 1 unspecified atom stereocenters. The van der Waals surface area contributed by atoms with Crippen molar-refractivity contribution in [1.82, 2.24) is 9.97 Å². The van der Waals surface area contributed by atoms with E-state index >= 15 is 0 Å². The van der Waals surface area contributed by atoms with Crippen molar-refractivity contribution in [1.29, 1.82) is 0 Å². The summed E-state index contributed by atoms with van der Waals surface area (Å²) < 4.78 is 17.1. The average Bonchev–Trinajstić information content (AvgIpc) is 2.73. The zero-order valence-corrected chi connectivity index (χ0v) is 17.5. The van der Waals surface area contributed by atoms with Crippen molar-refractivity contribution in [2.24, 2.45) is 0 Å². The van der Waals surface area contributed by atoms with Crippen LogP contribution in [0.2, 0.25) is 0 Å². The fourth-order valence-electron chi connectivity index (χ4n) is 2.66. The summed E-state index contributed by atoms with van der Waals surface area (Å²) in [5, 5.41) is 0. The topological polar surface area (TPSA) is 53.5 Å². The summed E-state index contributed by atoms with van der Waals surface area (Å²) in [6.07, 6.45) is 10.5. The van der Waals surface area contributed by atoms with Crippen LogP contribution in [0.3, 0.4) is 0 Å². The molecule has 1 heterocycles. The molecule has 1 aromatic carbocycles. The molecule has 0 spiro atoms. The van der Waals surface area contributed by atoms with Gasteiger partial charge in [-0.3, -0.25) is 0 Å². The Hall–Kier alpha value is -2.14. The van der Waals surface area contributed by atoms with Crippen LogP contribution in [0.5, 0.6) is 11.6 Å². The molecule has 154 valence electrons. The van der Waals surface area contributed by atoms with E-state index in [0.717, 1.165) is 49.5 Å². The first-order valence-electron chi connectivity index (χ1n) is 10.5. The third-order valence-corrected chi connectivity index (χ3v) is 4.41. The summed E-state index contributed by atoms with van der Waals surface area (Å²) in [6, 6.07) is 7.98. The standard InChI is InChI=1S/C23H34N2O3/c1-4-6-8-9-15-27-21-12-10-20(11-13-21)22-16-25-23(17-24-22)28-18-19(3)26-14-7-5-2/h10-13,16-17,19H,4-9,14-15,18H2,1-3H3.